The van der Waals surface area contributed by atoms with Gasteiger partial charge in [-0.2, -0.15) is 0 Å². The molecular formula is C13H20N4O. The highest BCUT2D eigenvalue weighted by atomic mass is 16.1. The highest BCUT2D eigenvalue weighted by Crippen LogP contribution is 2.26. The maximum absolute atomic E-state index is 11.1. The normalized spacial score (nSPS) is 18.7. The quantitative estimate of drug-likeness (QED) is 0.828. The van der Waals surface area contributed by atoms with Gasteiger partial charge in [0, 0.05) is 36.8 Å². The number of carbonyl (C=O) groups is 1. The van der Waals surface area contributed by atoms with E-state index in [9.17, 15) is 4.79 Å². The van der Waals surface area contributed by atoms with Crippen LogP contribution in [0.15, 0.2) is 18.3 Å². The summed E-state index contributed by atoms with van der Waals surface area (Å²) in [5, 5.41) is 0. The van der Waals surface area contributed by atoms with Crippen molar-refractivity contribution in [2.75, 3.05) is 18.0 Å². The van der Waals surface area contributed by atoms with Gasteiger partial charge in [-0.1, -0.05) is 6.07 Å². The Balaban J connectivity index is 2.12. The molecule has 0 unspecified atom stereocenters. The molecule has 1 saturated heterocycles. The van der Waals surface area contributed by atoms with E-state index in [2.05, 4.69) is 9.88 Å². The van der Waals surface area contributed by atoms with Gasteiger partial charge in [0.2, 0.25) is 5.91 Å². The van der Waals surface area contributed by atoms with Crippen molar-refractivity contribution in [1.82, 2.24) is 4.98 Å². The molecule has 18 heavy (non-hydrogen) atoms. The molecule has 1 atom stereocenters. The number of rotatable bonds is 3. The van der Waals surface area contributed by atoms with Crippen LogP contribution in [0.4, 0.5) is 5.82 Å². The Hall–Kier alpha value is -1.62. The second-order valence-corrected chi connectivity index (χ2v) is 4.87. The largest absolute Gasteiger partial charge is 0.369 e. The fourth-order valence-corrected chi connectivity index (χ4v) is 2.40. The van der Waals surface area contributed by atoms with Gasteiger partial charge in [-0.25, -0.2) is 4.98 Å². The second-order valence-electron chi connectivity index (χ2n) is 4.87. The highest BCUT2D eigenvalue weighted by Gasteiger charge is 2.25. The molecule has 1 aliphatic rings. The number of anilines is 1. The minimum absolute atomic E-state index is 0.00344. The Morgan fingerprint density at radius 1 is 1.50 bits per heavy atom. The summed E-state index contributed by atoms with van der Waals surface area (Å²) >= 11 is 0. The SMILES string of the molecule is C[C@H](N)c1cccnc1N1CCC(C(N)=O)CC1. The number of hydrogen-bond acceptors (Lipinski definition) is 4. The molecule has 1 fully saturated rings. The maximum Gasteiger partial charge on any atom is 0.220 e. The van der Waals surface area contributed by atoms with E-state index >= 15 is 0 Å². The molecule has 0 bridgehead atoms. The van der Waals surface area contributed by atoms with E-state index in [-0.39, 0.29) is 17.9 Å². The molecule has 0 saturated carbocycles. The number of amides is 1. The van der Waals surface area contributed by atoms with Crippen molar-refractivity contribution in [3.63, 3.8) is 0 Å². The number of carbonyl (C=O) groups excluding carboxylic acids is 1. The molecule has 1 aromatic heterocycles. The van der Waals surface area contributed by atoms with Crippen molar-refractivity contribution < 1.29 is 4.79 Å². The minimum atomic E-state index is -0.192. The summed E-state index contributed by atoms with van der Waals surface area (Å²) in [6, 6.07) is 3.87. The summed E-state index contributed by atoms with van der Waals surface area (Å²) < 4.78 is 0. The Bertz CT molecular complexity index is 425. The molecule has 0 aromatic carbocycles. The predicted octanol–water partition coefficient (Wildman–Crippen LogP) is 0.803. The van der Waals surface area contributed by atoms with E-state index in [1.165, 1.54) is 0 Å². The molecule has 2 heterocycles. The minimum Gasteiger partial charge on any atom is -0.369 e. The summed E-state index contributed by atoms with van der Waals surface area (Å²) in [5.41, 5.74) is 12.3. The van der Waals surface area contributed by atoms with Gasteiger partial charge in [0.1, 0.15) is 5.82 Å². The predicted molar refractivity (Wildman–Crippen MR) is 71.0 cm³/mol. The lowest BCUT2D eigenvalue weighted by molar-refractivity contribution is -0.122. The number of pyridine rings is 1. The first-order valence-electron chi connectivity index (χ1n) is 6.34. The molecule has 98 valence electrons. The van der Waals surface area contributed by atoms with Crippen LogP contribution >= 0.6 is 0 Å². The van der Waals surface area contributed by atoms with Crippen molar-refractivity contribution in [2.24, 2.45) is 17.4 Å². The van der Waals surface area contributed by atoms with E-state index in [0.29, 0.717) is 0 Å². The molecule has 4 N–H and O–H groups in total. The number of nitrogens with two attached hydrogens (primary N) is 2. The van der Waals surface area contributed by atoms with E-state index in [1.54, 1.807) is 6.20 Å². The standard InChI is InChI=1S/C13H20N4O/c1-9(14)11-3-2-6-16-13(11)17-7-4-10(5-8-17)12(15)18/h2-3,6,9-10H,4-5,7-8,14H2,1H3,(H2,15,18)/t9-/m0/s1. The molecule has 1 aromatic rings. The van der Waals surface area contributed by atoms with Crippen LogP contribution < -0.4 is 16.4 Å². The third-order valence-electron chi connectivity index (χ3n) is 3.50. The van der Waals surface area contributed by atoms with Gasteiger partial charge >= 0.3 is 0 Å². The zero-order valence-corrected chi connectivity index (χ0v) is 10.7. The zero-order chi connectivity index (χ0) is 13.1. The third kappa shape index (κ3) is 2.61. The summed E-state index contributed by atoms with van der Waals surface area (Å²) in [4.78, 5) is 17.8. The van der Waals surface area contributed by atoms with Crippen LogP contribution in [0.2, 0.25) is 0 Å². The number of nitrogens with zero attached hydrogens (tertiary/aromatic N) is 2. The molecule has 1 amide bonds. The fourth-order valence-electron chi connectivity index (χ4n) is 2.40. The van der Waals surface area contributed by atoms with E-state index in [1.807, 2.05) is 19.1 Å². The van der Waals surface area contributed by atoms with Crippen LogP contribution in [0, 0.1) is 5.92 Å². The van der Waals surface area contributed by atoms with Crippen LogP contribution in [0.25, 0.3) is 0 Å². The number of hydrogen-bond donors (Lipinski definition) is 2. The summed E-state index contributed by atoms with van der Waals surface area (Å²) in [5.74, 6) is 0.752. The van der Waals surface area contributed by atoms with Crippen molar-refractivity contribution in [3.8, 4) is 0 Å². The molecule has 2 rings (SSSR count). The Labute approximate surface area is 107 Å². The molecule has 0 radical (unpaired) electrons. The van der Waals surface area contributed by atoms with Crippen molar-refractivity contribution in [3.05, 3.63) is 23.9 Å². The Kier molecular flexibility index (Phi) is 3.81. The Morgan fingerprint density at radius 3 is 2.72 bits per heavy atom. The molecular weight excluding hydrogens is 228 g/mol. The van der Waals surface area contributed by atoms with Crippen molar-refractivity contribution in [1.29, 1.82) is 0 Å². The average Bonchev–Trinajstić information content (AvgIpc) is 2.39. The van der Waals surface area contributed by atoms with Crippen molar-refractivity contribution in [2.45, 2.75) is 25.8 Å². The van der Waals surface area contributed by atoms with Gasteiger partial charge in [0.05, 0.1) is 0 Å². The fraction of sp³-hybridized carbons (Fsp3) is 0.538. The van der Waals surface area contributed by atoms with E-state index in [0.717, 1.165) is 37.3 Å². The first-order valence-corrected chi connectivity index (χ1v) is 6.34. The van der Waals surface area contributed by atoms with Crippen LogP contribution in [-0.4, -0.2) is 24.0 Å². The van der Waals surface area contributed by atoms with Gasteiger partial charge in [-0.05, 0) is 25.8 Å². The topological polar surface area (TPSA) is 85.2 Å². The van der Waals surface area contributed by atoms with Crippen LogP contribution in [0.3, 0.4) is 0 Å². The van der Waals surface area contributed by atoms with E-state index < -0.39 is 0 Å². The van der Waals surface area contributed by atoms with Crippen LogP contribution in [-0.2, 0) is 4.79 Å². The second kappa shape index (κ2) is 5.35. The monoisotopic (exact) mass is 248 g/mol. The van der Waals surface area contributed by atoms with Gasteiger partial charge in [-0.15, -0.1) is 0 Å². The highest BCUT2D eigenvalue weighted by molar-refractivity contribution is 5.77. The maximum atomic E-state index is 11.1. The summed E-state index contributed by atoms with van der Waals surface area (Å²) in [6.07, 6.45) is 3.37. The summed E-state index contributed by atoms with van der Waals surface area (Å²) in [6.45, 7) is 3.57. The summed E-state index contributed by atoms with van der Waals surface area (Å²) in [7, 11) is 0. The average molecular weight is 248 g/mol. The van der Waals surface area contributed by atoms with Gasteiger partial charge < -0.3 is 16.4 Å². The van der Waals surface area contributed by atoms with Gasteiger partial charge in [0.25, 0.3) is 0 Å². The molecule has 5 heteroatoms. The third-order valence-corrected chi connectivity index (χ3v) is 3.50. The van der Waals surface area contributed by atoms with Crippen molar-refractivity contribution >= 4 is 11.7 Å². The lowest BCUT2D eigenvalue weighted by Gasteiger charge is -2.33. The Morgan fingerprint density at radius 2 is 2.17 bits per heavy atom. The first kappa shape index (κ1) is 12.8. The first-order chi connectivity index (χ1) is 8.59. The lowest BCUT2D eigenvalue weighted by atomic mass is 9.96. The smallest absolute Gasteiger partial charge is 0.220 e. The molecule has 0 spiro atoms. The molecule has 5 nitrogen and oxygen atoms in total. The number of primary amides is 1. The van der Waals surface area contributed by atoms with E-state index in [4.69, 9.17) is 11.5 Å². The number of aromatic nitrogens is 1. The van der Waals surface area contributed by atoms with Gasteiger partial charge in [-0.3, -0.25) is 4.79 Å². The number of piperidine rings is 1. The van der Waals surface area contributed by atoms with Crippen LogP contribution in [0.5, 0.6) is 0 Å². The lowest BCUT2D eigenvalue weighted by Crippen LogP contribution is -2.39. The van der Waals surface area contributed by atoms with Crippen LogP contribution in [0.1, 0.15) is 31.4 Å². The molecule has 0 aliphatic carbocycles. The zero-order valence-electron chi connectivity index (χ0n) is 10.7. The molecule has 1 aliphatic heterocycles. The van der Waals surface area contributed by atoms with Gasteiger partial charge in [0.15, 0.2) is 0 Å².